The van der Waals surface area contributed by atoms with Crippen molar-refractivity contribution in [3.63, 3.8) is 0 Å². The van der Waals surface area contributed by atoms with Crippen LogP contribution in [0.25, 0.3) is 11.3 Å². The lowest BCUT2D eigenvalue weighted by atomic mass is 10.1. The van der Waals surface area contributed by atoms with Crippen LogP contribution in [-0.4, -0.2) is 26.0 Å². The summed E-state index contributed by atoms with van der Waals surface area (Å²) in [5, 5.41) is 7.75. The molecule has 26 heavy (non-hydrogen) atoms. The largest absolute Gasteiger partial charge is 0.280 e. The van der Waals surface area contributed by atoms with E-state index in [0.29, 0.717) is 22.7 Å². The summed E-state index contributed by atoms with van der Waals surface area (Å²) >= 11 is 0.910. The van der Waals surface area contributed by atoms with E-state index in [-0.39, 0.29) is 11.1 Å². The highest BCUT2D eigenvalue weighted by molar-refractivity contribution is 7.12. The van der Waals surface area contributed by atoms with Crippen LogP contribution in [-0.2, 0) is 6.54 Å². The average Bonchev–Trinajstić information content (AvgIpc) is 3.20. The molecule has 0 aliphatic heterocycles. The zero-order valence-electron chi connectivity index (χ0n) is 13.9. The minimum Gasteiger partial charge on any atom is -0.269 e. The van der Waals surface area contributed by atoms with Crippen LogP contribution < -0.4 is 5.43 Å². The molecule has 3 rings (SSSR count). The summed E-state index contributed by atoms with van der Waals surface area (Å²) in [5.74, 6) is -0.0743. The van der Waals surface area contributed by atoms with Gasteiger partial charge in [-0.25, -0.2) is 24.2 Å². The van der Waals surface area contributed by atoms with Gasteiger partial charge in [0.15, 0.2) is 5.13 Å². The SMILES string of the molecule is CCn1ncc(-c2cc(C(F)F)nc(N/N=C/c3ccc(F)s3)n2)c1C. The van der Waals surface area contributed by atoms with Crippen LogP contribution in [0.5, 0.6) is 0 Å². The molecule has 0 radical (unpaired) electrons. The van der Waals surface area contributed by atoms with Crippen LogP contribution >= 0.6 is 11.3 Å². The molecule has 0 aliphatic carbocycles. The molecule has 6 nitrogen and oxygen atoms in total. The summed E-state index contributed by atoms with van der Waals surface area (Å²) in [6, 6.07) is 4.10. The predicted molar refractivity (Wildman–Crippen MR) is 94.1 cm³/mol. The van der Waals surface area contributed by atoms with E-state index in [4.69, 9.17) is 0 Å². The Morgan fingerprint density at radius 3 is 2.77 bits per heavy atom. The Hall–Kier alpha value is -2.75. The number of hydrazone groups is 1. The number of anilines is 1. The van der Waals surface area contributed by atoms with Gasteiger partial charge in [0.1, 0.15) is 5.69 Å². The fourth-order valence-corrected chi connectivity index (χ4v) is 2.94. The molecule has 3 heterocycles. The van der Waals surface area contributed by atoms with E-state index < -0.39 is 12.1 Å². The third-order valence-corrected chi connectivity index (χ3v) is 4.41. The molecule has 0 atom stereocenters. The van der Waals surface area contributed by atoms with Crippen molar-refractivity contribution in [3.8, 4) is 11.3 Å². The summed E-state index contributed by atoms with van der Waals surface area (Å²) in [7, 11) is 0. The van der Waals surface area contributed by atoms with Crippen molar-refractivity contribution in [1.29, 1.82) is 0 Å². The number of thiophene rings is 1. The average molecular weight is 380 g/mol. The Morgan fingerprint density at radius 2 is 2.15 bits per heavy atom. The number of halogens is 3. The second-order valence-corrected chi connectivity index (χ2v) is 6.34. The first kappa shape index (κ1) is 18.1. The van der Waals surface area contributed by atoms with E-state index in [1.165, 1.54) is 18.3 Å². The molecule has 0 saturated carbocycles. The van der Waals surface area contributed by atoms with Gasteiger partial charge in [0, 0.05) is 17.8 Å². The molecule has 10 heteroatoms. The lowest BCUT2D eigenvalue weighted by molar-refractivity contribution is 0.146. The van der Waals surface area contributed by atoms with E-state index in [1.807, 2.05) is 13.8 Å². The van der Waals surface area contributed by atoms with Gasteiger partial charge in [0.05, 0.1) is 23.0 Å². The van der Waals surface area contributed by atoms with Gasteiger partial charge in [-0.2, -0.15) is 14.6 Å². The quantitative estimate of drug-likeness (QED) is 0.513. The van der Waals surface area contributed by atoms with Gasteiger partial charge in [-0.15, -0.1) is 11.3 Å². The second kappa shape index (κ2) is 7.65. The Morgan fingerprint density at radius 1 is 1.35 bits per heavy atom. The molecule has 1 N–H and O–H groups in total. The highest BCUT2D eigenvalue weighted by atomic mass is 32.1. The van der Waals surface area contributed by atoms with Crippen LogP contribution in [0.1, 0.15) is 29.6 Å². The van der Waals surface area contributed by atoms with Gasteiger partial charge in [-0.3, -0.25) is 4.68 Å². The normalized spacial score (nSPS) is 11.6. The van der Waals surface area contributed by atoms with E-state index in [2.05, 4.69) is 25.6 Å². The van der Waals surface area contributed by atoms with Crippen molar-refractivity contribution < 1.29 is 13.2 Å². The molecule has 0 aliphatic rings. The third-order valence-electron chi connectivity index (χ3n) is 3.60. The molecule has 0 spiro atoms. The number of hydrogen-bond donors (Lipinski definition) is 1. The minimum absolute atomic E-state index is 0.0743. The van der Waals surface area contributed by atoms with Crippen molar-refractivity contribution in [2.45, 2.75) is 26.8 Å². The lowest BCUT2D eigenvalue weighted by Gasteiger charge is -2.07. The number of nitrogens with zero attached hydrogens (tertiary/aromatic N) is 5. The predicted octanol–water partition coefficient (Wildman–Crippen LogP) is 4.25. The molecule has 0 unspecified atom stereocenters. The van der Waals surface area contributed by atoms with Crippen molar-refractivity contribution in [3.05, 3.63) is 45.8 Å². The van der Waals surface area contributed by atoms with E-state index in [0.717, 1.165) is 17.0 Å². The van der Waals surface area contributed by atoms with Gasteiger partial charge in [0.2, 0.25) is 5.95 Å². The maximum Gasteiger partial charge on any atom is 0.280 e. The molecule has 3 aromatic heterocycles. The maximum atomic E-state index is 13.2. The summed E-state index contributed by atoms with van der Waals surface area (Å²) in [4.78, 5) is 8.57. The monoisotopic (exact) mass is 380 g/mol. The summed E-state index contributed by atoms with van der Waals surface area (Å²) < 4.78 is 41.1. The fraction of sp³-hybridized carbons (Fsp3) is 0.250. The molecule has 3 aromatic rings. The number of alkyl halides is 2. The number of nitrogens with one attached hydrogen (secondary N) is 1. The number of aromatic nitrogens is 4. The van der Waals surface area contributed by atoms with Gasteiger partial charge in [-0.1, -0.05) is 0 Å². The van der Waals surface area contributed by atoms with Crippen LogP contribution in [0.3, 0.4) is 0 Å². The molecular weight excluding hydrogens is 365 g/mol. The molecule has 0 fully saturated rings. The van der Waals surface area contributed by atoms with Crippen LogP contribution in [0, 0.1) is 12.1 Å². The first-order valence-electron chi connectivity index (χ1n) is 7.72. The van der Waals surface area contributed by atoms with Crippen molar-refractivity contribution in [2.75, 3.05) is 5.43 Å². The maximum absolute atomic E-state index is 13.2. The minimum atomic E-state index is -2.76. The Bertz CT molecular complexity index is 934. The first-order chi connectivity index (χ1) is 12.5. The molecule has 136 valence electrons. The zero-order chi connectivity index (χ0) is 18.7. The Balaban J connectivity index is 1.91. The van der Waals surface area contributed by atoms with Crippen molar-refractivity contribution >= 4 is 23.5 Å². The molecule has 0 saturated heterocycles. The number of aryl methyl sites for hydroxylation is 1. The summed E-state index contributed by atoms with van der Waals surface area (Å²) in [5.41, 5.74) is 3.88. The Kier molecular flexibility index (Phi) is 5.31. The van der Waals surface area contributed by atoms with Crippen LogP contribution in [0.15, 0.2) is 29.5 Å². The molecule has 0 bridgehead atoms. The molecular formula is C16H15F3N6S. The Labute approximate surface area is 151 Å². The van der Waals surface area contributed by atoms with Crippen LogP contribution in [0.4, 0.5) is 19.1 Å². The fourth-order valence-electron chi connectivity index (χ4n) is 2.33. The topological polar surface area (TPSA) is 68.0 Å². The summed E-state index contributed by atoms with van der Waals surface area (Å²) in [6.07, 6.45) is 0.193. The highest BCUT2D eigenvalue weighted by Crippen LogP contribution is 2.26. The van der Waals surface area contributed by atoms with E-state index in [1.54, 1.807) is 16.9 Å². The van der Waals surface area contributed by atoms with Crippen molar-refractivity contribution in [1.82, 2.24) is 19.7 Å². The van der Waals surface area contributed by atoms with Gasteiger partial charge >= 0.3 is 0 Å². The van der Waals surface area contributed by atoms with Crippen LogP contribution in [0.2, 0.25) is 0 Å². The standard InChI is InChI=1S/C16H15F3N6S/c1-3-25-9(2)11(8-21-25)12-6-13(15(18)19)23-16(22-12)24-20-7-10-4-5-14(17)26-10/h4-8,15H,3H2,1-2H3,(H,22,23,24)/b20-7+. The summed E-state index contributed by atoms with van der Waals surface area (Å²) in [6.45, 7) is 4.43. The lowest BCUT2D eigenvalue weighted by Crippen LogP contribution is -2.03. The van der Waals surface area contributed by atoms with Gasteiger partial charge < -0.3 is 0 Å². The van der Waals surface area contributed by atoms with Crippen molar-refractivity contribution in [2.24, 2.45) is 5.10 Å². The number of rotatable bonds is 6. The third kappa shape index (κ3) is 3.90. The first-order valence-corrected chi connectivity index (χ1v) is 8.54. The van der Waals surface area contributed by atoms with Gasteiger partial charge in [-0.05, 0) is 32.0 Å². The molecule has 0 aromatic carbocycles. The molecule has 0 amide bonds. The smallest absolute Gasteiger partial charge is 0.269 e. The highest BCUT2D eigenvalue weighted by Gasteiger charge is 2.16. The van der Waals surface area contributed by atoms with E-state index in [9.17, 15) is 13.2 Å². The van der Waals surface area contributed by atoms with E-state index >= 15 is 0 Å². The van der Waals surface area contributed by atoms with Gasteiger partial charge in [0.25, 0.3) is 6.43 Å². The zero-order valence-corrected chi connectivity index (χ0v) is 14.8. The second-order valence-electron chi connectivity index (χ2n) is 5.27. The number of hydrogen-bond acceptors (Lipinski definition) is 6.